The Hall–Kier alpha value is -1.54. The molecule has 0 saturated carbocycles. The molecule has 0 atom stereocenters. The van der Waals surface area contributed by atoms with Crippen LogP contribution in [0.15, 0.2) is 18.2 Å². The summed E-state index contributed by atoms with van der Waals surface area (Å²) in [6.07, 6.45) is -4.29. The van der Waals surface area contributed by atoms with Crippen LogP contribution in [0.1, 0.15) is 0 Å². The zero-order valence-electron chi connectivity index (χ0n) is 8.92. The number of rotatable bonds is 6. The normalized spacial score (nSPS) is 11.3. The van der Waals surface area contributed by atoms with Gasteiger partial charge in [-0.25, -0.2) is 10.8 Å². The molecule has 1 aromatic rings. The number of halogens is 3. The number of pyridine rings is 1. The molecule has 0 saturated heterocycles. The van der Waals surface area contributed by atoms with Gasteiger partial charge in [-0.05, 0) is 12.1 Å². The van der Waals surface area contributed by atoms with Crippen LogP contribution in [0.5, 0.6) is 0 Å². The van der Waals surface area contributed by atoms with Gasteiger partial charge in [0.2, 0.25) is 0 Å². The van der Waals surface area contributed by atoms with Gasteiger partial charge in [0.1, 0.15) is 18.2 Å². The Morgan fingerprint density at radius 3 is 2.65 bits per heavy atom. The van der Waals surface area contributed by atoms with E-state index in [0.717, 1.165) is 0 Å². The standard InChI is InChI=1S/C9H13F3N4O/c10-9(11,12)6-17-5-4-14-7-2-1-3-8(15-7)16-13/h1-3H,4-6,13H2,(H2,14,15,16). The first-order valence-corrected chi connectivity index (χ1v) is 4.83. The van der Waals surface area contributed by atoms with Crippen molar-refractivity contribution in [1.82, 2.24) is 4.98 Å². The van der Waals surface area contributed by atoms with E-state index >= 15 is 0 Å². The number of anilines is 2. The maximum absolute atomic E-state index is 11.7. The minimum Gasteiger partial charge on any atom is -0.370 e. The maximum Gasteiger partial charge on any atom is 0.411 e. The molecule has 0 bridgehead atoms. The van der Waals surface area contributed by atoms with Crippen molar-refractivity contribution in [3.8, 4) is 0 Å². The van der Waals surface area contributed by atoms with E-state index in [1.54, 1.807) is 18.2 Å². The molecular weight excluding hydrogens is 237 g/mol. The Labute approximate surface area is 96.1 Å². The van der Waals surface area contributed by atoms with Gasteiger partial charge >= 0.3 is 6.18 Å². The van der Waals surface area contributed by atoms with E-state index in [1.165, 1.54) is 0 Å². The van der Waals surface area contributed by atoms with E-state index in [1.807, 2.05) is 0 Å². The van der Waals surface area contributed by atoms with E-state index in [0.29, 0.717) is 11.6 Å². The van der Waals surface area contributed by atoms with Crippen LogP contribution in [0.4, 0.5) is 24.8 Å². The minimum absolute atomic E-state index is 0.0541. The molecule has 17 heavy (non-hydrogen) atoms. The van der Waals surface area contributed by atoms with E-state index in [2.05, 4.69) is 20.5 Å². The van der Waals surface area contributed by atoms with Gasteiger partial charge < -0.3 is 15.5 Å². The number of ether oxygens (including phenoxy) is 1. The zero-order chi connectivity index (χ0) is 12.7. The molecule has 8 heteroatoms. The van der Waals surface area contributed by atoms with Gasteiger partial charge in [0.05, 0.1) is 6.61 Å². The van der Waals surface area contributed by atoms with Crippen molar-refractivity contribution in [3.05, 3.63) is 18.2 Å². The van der Waals surface area contributed by atoms with E-state index in [4.69, 9.17) is 5.84 Å². The highest BCUT2D eigenvalue weighted by Gasteiger charge is 2.27. The van der Waals surface area contributed by atoms with Crippen molar-refractivity contribution in [2.24, 2.45) is 5.84 Å². The van der Waals surface area contributed by atoms with E-state index in [-0.39, 0.29) is 13.2 Å². The van der Waals surface area contributed by atoms with E-state index in [9.17, 15) is 13.2 Å². The van der Waals surface area contributed by atoms with Gasteiger partial charge in [0.25, 0.3) is 0 Å². The molecule has 0 spiro atoms. The Balaban J connectivity index is 2.22. The number of hydrogen-bond donors (Lipinski definition) is 3. The first kappa shape index (κ1) is 13.5. The van der Waals surface area contributed by atoms with Gasteiger partial charge in [-0.2, -0.15) is 13.2 Å². The number of hydrogen-bond acceptors (Lipinski definition) is 5. The molecule has 0 aliphatic rings. The first-order valence-electron chi connectivity index (χ1n) is 4.83. The van der Waals surface area contributed by atoms with Gasteiger partial charge in [0, 0.05) is 6.54 Å². The molecule has 0 aliphatic carbocycles. The summed E-state index contributed by atoms with van der Waals surface area (Å²) in [5, 5.41) is 2.81. The summed E-state index contributed by atoms with van der Waals surface area (Å²) < 4.78 is 39.6. The molecule has 5 nitrogen and oxygen atoms in total. The van der Waals surface area contributed by atoms with Crippen LogP contribution in [-0.2, 0) is 4.74 Å². The van der Waals surface area contributed by atoms with Crippen LogP contribution < -0.4 is 16.6 Å². The lowest BCUT2D eigenvalue weighted by Gasteiger charge is -2.09. The summed E-state index contributed by atoms with van der Waals surface area (Å²) in [7, 11) is 0. The third-order valence-electron chi connectivity index (χ3n) is 1.72. The second-order valence-corrected chi connectivity index (χ2v) is 3.15. The SMILES string of the molecule is NNc1cccc(NCCOCC(F)(F)F)n1. The molecule has 0 amide bonds. The van der Waals surface area contributed by atoms with Crippen molar-refractivity contribution in [2.75, 3.05) is 30.5 Å². The summed E-state index contributed by atoms with van der Waals surface area (Å²) in [6, 6.07) is 5.04. The summed E-state index contributed by atoms with van der Waals surface area (Å²) in [6.45, 7) is -1.06. The second kappa shape index (κ2) is 6.26. The van der Waals surface area contributed by atoms with Crippen LogP contribution in [-0.4, -0.2) is 30.9 Å². The minimum atomic E-state index is -4.29. The third kappa shape index (κ3) is 5.93. The summed E-state index contributed by atoms with van der Waals surface area (Å²) >= 11 is 0. The van der Waals surface area contributed by atoms with Crippen LogP contribution >= 0.6 is 0 Å². The van der Waals surface area contributed by atoms with Gasteiger partial charge in [-0.3, -0.25) is 0 Å². The van der Waals surface area contributed by atoms with Crippen molar-refractivity contribution < 1.29 is 17.9 Å². The first-order chi connectivity index (χ1) is 8.01. The van der Waals surface area contributed by atoms with Crippen molar-refractivity contribution in [1.29, 1.82) is 0 Å². The van der Waals surface area contributed by atoms with Crippen molar-refractivity contribution in [3.63, 3.8) is 0 Å². The fourth-order valence-corrected chi connectivity index (χ4v) is 1.05. The maximum atomic E-state index is 11.7. The summed E-state index contributed by atoms with van der Waals surface area (Å²) in [5.41, 5.74) is 2.36. The largest absolute Gasteiger partial charge is 0.411 e. The molecule has 1 aromatic heterocycles. The lowest BCUT2D eigenvalue weighted by molar-refractivity contribution is -0.172. The molecule has 96 valence electrons. The quantitative estimate of drug-likeness (QED) is 0.404. The number of nitrogens with zero attached hydrogens (tertiary/aromatic N) is 1. The topological polar surface area (TPSA) is 72.2 Å². The van der Waals surface area contributed by atoms with Crippen LogP contribution in [0.3, 0.4) is 0 Å². The number of nitrogen functional groups attached to an aromatic ring is 1. The average Bonchev–Trinajstić information content (AvgIpc) is 2.27. The zero-order valence-corrected chi connectivity index (χ0v) is 8.92. The molecular formula is C9H13F3N4O. The number of nitrogens with two attached hydrogens (primary N) is 1. The average molecular weight is 250 g/mol. The Morgan fingerprint density at radius 2 is 2.00 bits per heavy atom. The van der Waals surface area contributed by atoms with Gasteiger partial charge in [-0.1, -0.05) is 6.07 Å². The van der Waals surface area contributed by atoms with Gasteiger partial charge in [-0.15, -0.1) is 0 Å². The fraction of sp³-hybridized carbons (Fsp3) is 0.444. The lowest BCUT2D eigenvalue weighted by atomic mass is 10.4. The van der Waals surface area contributed by atoms with Gasteiger partial charge in [0.15, 0.2) is 0 Å². The highest BCUT2D eigenvalue weighted by atomic mass is 19.4. The molecule has 1 rings (SSSR count). The molecule has 0 aliphatic heterocycles. The van der Waals surface area contributed by atoms with Crippen molar-refractivity contribution in [2.45, 2.75) is 6.18 Å². The predicted molar refractivity (Wildman–Crippen MR) is 57.4 cm³/mol. The predicted octanol–water partition coefficient (Wildman–Crippen LogP) is 1.36. The number of hydrazine groups is 1. The van der Waals surface area contributed by atoms with Crippen LogP contribution in [0, 0.1) is 0 Å². The molecule has 0 unspecified atom stereocenters. The van der Waals surface area contributed by atoms with Crippen molar-refractivity contribution >= 4 is 11.6 Å². The molecule has 0 radical (unpaired) electrons. The number of nitrogens with one attached hydrogen (secondary N) is 2. The smallest absolute Gasteiger partial charge is 0.370 e. The molecule has 0 fully saturated rings. The Morgan fingerprint density at radius 1 is 1.29 bits per heavy atom. The van der Waals surface area contributed by atoms with Crippen LogP contribution in [0.25, 0.3) is 0 Å². The fourth-order valence-electron chi connectivity index (χ4n) is 1.05. The second-order valence-electron chi connectivity index (χ2n) is 3.15. The Bertz CT molecular complexity index is 345. The summed E-state index contributed by atoms with van der Waals surface area (Å²) in [4.78, 5) is 4.01. The molecule has 0 aromatic carbocycles. The van der Waals surface area contributed by atoms with Crippen LogP contribution in [0.2, 0.25) is 0 Å². The summed E-state index contributed by atoms with van der Waals surface area (Å²) in [5.74, 6) is 6.13. The monoisotopic (exact) mass is 250 g/mol. The third-order valence-corrected chi connectivity index (χ3v) is 1.72. The highest BCUT2D eigenvalue weighted by molar-refractivity contribution is 5.44. The molecule has 4 N–H and O–H groups in total. The number of alkyl halides is 3. The molecule has 1 heterocycles. The lowest BCUT2D eigenvalue weighted by Crippen LogP contribution is -2.20. The highest BCUT2D eigenvalue weighted by Crippen LogP contribution is 2.14. The number of aromatic nitrogens is 1. The Kier molecular flexibility index (Phi) is 4.98. The van der Waals surface area contributed by atoms with E-state index < -0.39 is 12.8 Å².